The summed E-state index contributed by atoms with van der Waals surface area (Å²) < 4.78 is 85.6. The number of ether oxygens (including phenoxy) is 1. The normalized spacial score (nSPS) is 22.5. The van der Waals surface area contributed by atoms with Gasteiger partial charge in [-0.3, -0.25) is 4.79 Å². The Kier molecular flexibility index (Phi) is 8.88. The minimum atomic E-state index is -4.91. The molecule has 0 unspecified atom stereocenters. The highest BCUT2D eigenvalue weighted by molar-refractivity contribution is 6.02. The number of likely N-dealkylation sites (tertiary alicyclic amines) is 2. The van der Waals surface area contributed by atoms with E-state index in [0.29, 0.717) is 19.4 Å². The molecule has 2 fully saturated rings. The summed E-state index contributed by atoms with van der Waals surface area (Å²) in [5.41, 5.74) is 2.12. The van der Waals surface area contributed by atoms with Crippen LogP contribution >= 0.6 is 0 Å². The molecule has 16 heteroatoms. The Labute approximate surface area is 248 Å². The predicted octanol–water partition coefficient (Wildman–Crippen LogP) is 4.51. The van der Waals surface area contributed by atoms with Crippen molar-refractivity contribution in [3.05, 3.63) is 41.6 Å². The van der Waals surface area contributed by atoms with Crippen LogP contribution in [0.1, 0.15) is 56.0 Å². The first-order valence-electron chi connectivity index (χ1n) is 13.8. The number of β-amino-alcohol motifs (C(OH)–C–C–N with tert-alkyl or cyclic N) is 1. The number of nitrogens with two attached hydrogens (primary N) is 1. The second-order valence-corrected chi connectivity index (χ2v) is 11.9. The van der Waals surface area contributed by atoms with Gasteiger partial charge in [0.1, 0.15) is 5.60 Å². The molecule has 2 atom stereocenters. The first kappa shape index (κ1) is 33.0. The number of aromatic nitrogens is 1. The number of H-pyrrole nitrogens is 1. The third kappa shape index (κ3) is 7.76. The van der Waals surface area contributed by atoms with Crippen molar-refractivity contribution in [2.45, 2.75) is 69.6 Å². The SMILES string of the molecule is CC(C)(C)OC(=O)N1CCC[C@H](N=C(N)N/C(=C/C(F)(F)F)c2c[nH]c3cc(C(=O)N4CC[C@@](O)(C(F)(F)F)C4)ccc23)C1. The predicted molar refractivity (Wildman–Crippen MR) is 149 cm³/mol. The van der Waals surface area contributed by atoms with Crippen LogP contribution in [0.5, 0.6) is 0 Å². The average molecular weight is 633 g/mol. The molecule has 0 bridgehead atoms. The molecule has 2 aromatic rings. The van der Waals surface area contributed by atoms with Gasteiger partial charge in [0.15, 0.2) is 11.6 Å². The van der Waals surface area contributed by atoms with Gasteiger partial charge in [-0.2, -0.15) is 26.3 Å². The fraction of sp³-hybridized carbons (Fsp3) is 0.536. The smallest absolute Gasteiger partial charge is 0.419 e. The zero-order chi connectivity index (χ0) is 32.7. The van der Waals surface area contributed by atoms with Gasteiger partial charge in [-0.25, -0.2) is 9.79 Å². The summed E-state index contributed by atoms with van der Waals surface area (Å²) in [6.07, 6.45) is -8.47. The largest absolute Gasteiger partial charge is 0.444 e. The molecule has 1 aromatic heterocycles. The molecule has 2 aliphatic heterocycles. The van der Waals surface area contributed by atoms with Crippen molar-refractivity contribution in [3.8, 4) is 0 Å². The minimum Gasteiger partial charge on any atom is -0.444 e. The molecule has 2 amide bonds. The minimum absolute atomic E-state index is 0.00708. The monoisotopic (exact) mass is 632 g/mol. The number of aliphatic imine (C=N–C) groups is 1. The van der Waals surface area contributed by atoms with Gasteiger partial charge in [0.25, 0.3) is 5.91 Å². The Morgan fingerprint density at radius 2 is 1.86 bits per heavy atom. The van der Waals surface area contributed by atoms with E-state index in [1.807, 2.05) is 0 Å². The van der Waals surface area contributed by atoms with Crippen molar-refractivity contribution < 1.29 is 45.8 Å². The lowest BCUT2D eigenvalue weighted by molar-refractivity contribution is -0.253. The fourth-order valence-corrected chi connectivity index (χ4v) is 5.13. The van der Waals surface area contributed by atoms with Crippen LogP contribution in [-0.4, -0.2) is 93.6 Å². The Morgan fingerprint density at radius 3 is 2.48 bits per heavy atom. The number of rotatable bonds is 4. The highest BCUT2D eigenvalue weighted by Crippen LogP contribution is 2.38. The van der Waals surface area contributed by atoms with Crippen LogP contribution in [0.3, 0.4) is 0 Å². The maximum Gasteiger partial charge on any atom is 0.419 e. The first-order valence-corrected chi connectivity index (χ1v) is 13.8. The number of nitrogens with one attached hydrogen (secondary N) is 2. The van der Waals surface area contributed by atoms with Crippen LogP contribution in [0.25, 0.3) is 16.6 Å². The Balaban J connectivity index is 1.53. The summed E-state index contributed by atoms with van der Waals surface area (Å²) >= 11 is 0. The number of carbonyl (C=O) groups is 2. The molecule has 2 saturated heterocycles. The van der Waals surface area contributed by atoms with E-state index in [1.54, 1.807) is 20.8 Å². The van der Waals surface area contributed by atoms with Crippen LogP contribution in [0, 0.1) is 0 Å². The summed E-state index contributed by atoms with van der Waals surface area (Å²) in [4.78, 5) is 34.8. The molecule has 5 N–H and O–H groups in total. The van der Waals surface area contributed by atoms with Crippen LogP contribution < -0.4 is 11.1 Å². The molecular weight excluding hydrogens is 598 g/mol. The van der Waals surface area contributed by atoms with Crippen molar-refractivity contribution in [2.24, 2.45) is 10.7 Å². The fourth-order valence-electron chi connectivity index (χ4n) is 5.13. The zero-order valence-electron chi connectivity index (χ0n) is 24.3. The van der Waals surface area contributed by atoms with Crippen molar-refractivity contribution in [1.29, 1.82) is 0 Å². The standard InChI is InChI=1S/C28H34F6N6O4/c1-25(2,3)44-24(42)39-9-4-5-17(14-39)37-23(35)38-21(12-27(29,30)31)19-13-36-20-11-16(6-7-18(19)20)22(41)40-10-8-26(43,15-40)28(32,33)34/h6-7,11-13,17,36,43H,4-5,8-10,14-15H2,1-3H3,(H3,35,37,38)/b21-12+/t17-,26-/m0/s1. The van der Waals surface area contributed by atoms with Crippen LogP contribution in [0.4, 0.5) is 31.1 Å². The lowest BCUT2D eigenvalue weighted by Gasteiger charge is -2.32. The number of halogens is 6. The number of piperidine rings is 1. The molecule has 10 nitrogen and oxygen atoms in total. The lowest BCUT2D eigenvalue weighted by Crippen LogP contribution is -2.48. The molecule has 242 valence electrons. The van der Waals surface area contributed by atoms with Gasteiger partial charge in [0.05, 0.1) is 18.3 Å². The van der Waals surface area contributed by atoms with Crippen molar-refractivity contribution in [3.63, 3.8) is 0 Å². The van der Waals surface area contributed by atoms with Crippen LogP contribution in [0.2, 0.25) is 0 Å². The molecule has 0 aliphatic carbocycles. The number of hydrogen-bond donors (Lipinski definition) is 4. The molecular formula is C28H34F6N6O4. The second kappa shape index (κ2) is 11.9. The number of aliphatic hydroxyl groups is 1. The Hall–Kier alpha value is -3.95. The number of carbonyl (C=O) groups excluding carboxylic acids is 2. The number of nitrogens with zero attached hydrogens (tertiary/aromatic N) is 3. The van der Waals surface area contributed by atoms with E-state index in [0.717, 1.165) is 4.90 Å². The molecule has 44 heavy (non-hydrogen) atoms. The first-order chi connectivity index (χ1) is 20.2. The highest BCUT2D eigenvalue weighted by atomic mass is 19.4. The Morgan fingerprint density at radius 1 is 1.16 bits per heavy atom. The van der Waals surface area contributed by atoms with Gasteiger partial charge >= 0.3 is 18.4 Å². The molecule has 0 saturated carbocycles. The van der Waals surface area contributed by atoms with Crippen molar-refractivity contribution in [1.82, 2.24) is 20.1 Å². The maximum atomic E-state index is 13.6. The van der Waals surface area contributed by atoms with Gasteiger partial charge in [-0.1, -0.05) is 6.07 Å². The number of hydrogen-bond acceptors (Lipinski definition) is 5. The van der Waals surface area contributed by atoms with Gasteiger partial charge < -0.3 is 35.7 Å². The average Bonchev–Trinajstić information content (AvgIpc) is 3.50. The number of alkyl halides is 6. The molecule has 1 aromatic carbocycles. The highest BCUT2D eigenvalue weighted by Gasteiger charge is 2.57. The van der Waals surface area contributed by atoms with Gasteiger partial charge in [0, 0.05) is 60.4 Å². The lowest BCUT2D eigenvalue weighted by atomic mass is 10.0. The Bertz CT molecular complexity index is 1460. The zero-order valence-corrected chi connectivity index (χ0v) is 24.3. The second-order valence-electron chi connectivity index (χ2n) is 11.9. The van der Waals surface area contributed by atoms with E-state index in [2.05, 4.69) is 15.3 Å². The number of benzene rings is 1. The van der Waals surface area contributed by atoms with Crippen LogP contribution in [0.15, 0.2) is 35.5 Å². The summed E-state index contributed by atoms with van der Waals surface area (Å²) in [6.45, 7) is 4.55. The third-order valence-electron chi connectivity index (χ3n) is 7.22. The van der Waals surface area contributed by atoms with Gasteiger partial charge in [-0.15, -0.1) is 0 Å². The number of aromatic amines is 1. The molecule has 0 spiro atoms. The van der Waals surface area contributed by atoms with Gasteiger partial charge in [-0.05, 0) is 45.7 Å². The summed E-state index contributed by atoms with van der Waals surface area (Å²) in [5.74, 6) is -1.08. The van der Waals surface area contributed by atoms with E-state index in [4.69, 9.17) is 10.5 Å². The maximum absolute atomic E-state index is 13.6. The third-order valence-corrected chi connectivity index (χ3v) is 7.22. The van der Waals surface area contributed by atoms with E-state index >= 15 is 0 Å². The number of guanidine groups is 1. The summed E-state index contributed by atoms with van der Waals surface area (Å²) in [5, 5.41) is 12.7. The molecule has 4 rings (SSSR count). The van der Waals surface area contributed by atoms with Crippen molar-refractivity contribution >= 4 is 34.6 Å². The molecule has 0 radical (unpaired) electrons. The summed E-state index contributed by atoms with van der Waals surface area (Å²) in [7, 11) is 0. The van der Waals surface area contributed by atoms with Crippen LogP contribution in [-0.2, 0) is 4.74 Å². The number of amides is 2. The number of fused-ring (bicyclic) bond motifs is 1. The molecule has 2 aliphatic rings. The van der Waals surface area contributed by atoms with E-state index in [-0.39, 0.29) is 47.2 Å². The van der Waals surface area contributed by atoms with E-state index in [1.165, 1.54) is 29.3 Å². The van der Waals surface area contributed by atoms with Gasteiger partial charge in [0.2, 0.25) is 0 Å². The van der Waals surface area contributed by atoms with E-state index < -0.39 is 60.3 Å². The van der Waals surface area contributed by atoms with Crippen molar-refractivity contribution in [2.75, 3.05) is 26.2 Å². The topological polar surface area (TPSA) is 136 Å². The quantitative estimate of drug-likeness (QED) is 0.223. The van der Waals surface area contributed by atoms with E-state index in [9.17, 15) is 41.0 Å². The summed E-state index contributed by atoms with van der Waals surface area (Å²) in [6, 6.07) is 3.46. The molecule has 3 heterocycles. The number of allylic oxidation sites excluding steroid dienone is 1.